The van der Waals surface area contributed by atoms with Crippen molar-refractivity contribution in [2.75, 3.05) is 0 Å². The normalized spacial score (nSPS) is 12.8. The van der Waals surface area contributed by atoms with Gasteiger partial charge < -0.3 is 23.9 Å². The fraction of sp³-hybridized carbons (Fsp3) is 0.233. The van der Waals surface area contributed by atoms with E-state index in [4.69, 9.17) is 18.6 Å². The Hall–Kier alpha value is -4.80. The van der Waals surface area contributed by atoms with Crippen molar-refractivity contribution in [3.63, 3.8) is 0 Å². The van der Waals surface area contributed by atoms with E-state index in [1.165, 1.54) is 36.4 Å². The first kappa shape index (κ1) is 29.2. The molecule has 4 aromatic rings. The summed E-state index contributed by atoms with van der Waals surface area (Å²) in [5.74, 6) is -4.08. The van der Waals surface area contributed by atoms with E-state index in [2.05, 4.69) is 5.32 Å². The smallest absolute Gasteiger partial charge is 0.449 e. The SMILES string of the molecule is CC[C@@H](C)[C@@H](NC(=O)OCc1ccccc1)C(=O)Oc1ccc2c(=O)c(Oc3ccccc3)c(C(F)(F)F)oc2c1. The number of carbonyl (C=O) groups excluding carboxylic acids is 2. The van der Waals surface area contributed by atoms with Gasteiger partial charge in [-0.3, -0.25) is 4.79 Å². The van der Waals surface area contributed by atoms with Gasteiger partial charge in [0.2, 0.25) is 11.2 Å². The van der Waals surface area contributed by atoms with Crippen LogP contribution in [0.3, 0.4) is 0 Å². The number of rotatable bonds is 9. The Morgan fingerprint density at radius 1 is 0.951 bits per heavy atom. The highest BCUT2D eigenvalue weighted by Crippen LogP contribution is 2.38. The standard InChI is InChI=1S/C30H26F3NO7/c1-3-18(2)24(34-29(37)38-17-19-10-6-4-7-11-19)28(36)40-21-14-15-22-23(16-21)41-27(30(31,32)33)26(25(22)35)39-20-12-8-5-9-13-20/h4-16,18,24H,3,17H2,1-2H3,(H,34,37)/t18-,24-/m1/s1. The molecule has 1 aromatic heterocycles. The molecule has 41 heavy (non-hydrogen) atoms. The summed E-state index contributed by atoms with van der Waals surface area (Å²) in [7, 11) is 0. The minimum Gasteiger partial charge on any atom is -0.449 e. The summed E-state index contributed by atoms with van der Waals surface area (Å²) >= 11 is 0. The molecule has 4 rings (SSSR count). The summed E-state index contributed by atoms with van der Waals surface area (Å²) in [6.45, 7) is 3.50. The summed E-state index contributed by atoms with van der Waals surface area (Å²) in [4.78, 5) is 38.4. The fourth-order valence-corrected chi connectivity index (χ4v) is 3.85. The fourth-order valence-electron chi connectivity index (χ4n) is 3.85. The molecular weight excluding hydrogens is 543 g/mol. The van der Waals surface area contributed by atoms with Gasteiger partial charge in [-0.1, -0.05) is 68.8 Å². The van der Waals surface area contributed by atoms with Crippen LogP contribution >= 0.6 is 0 Å². The topological polar surface area (TPSA) is 104 Å². The Bertz CT molecular complexity index is 1570. The minimum absolute atomic E-state index is 0.0149. The number of hydrogen-bond acceptors (Lipinski definition) is 7. The van der Waals surface area contributed by atoms with Gasteiger partial charge in [0.1, 0.15) is 29.7 Å². The second-order valence-electron chi connectivity index (χ2n) is 9.15. The molecule has 0 radical (unpaired) electrons. The second-order valence-corrected chi connectivity index (χ2v) is 9.15. The van der Waals surface area contributed by atoms with Crippen LogP contribution in [-0.2, 0) is 22.3 Å². The molecule has 1 N–H and O–H groups in total. The molecule has 0 saturated carbocycles. The van der Waals surface area contributed by atoms with Crippen LogP contribution < -0.4 is 20.2 Å². The van der Waals surface area contributed by atoms with Gasteiger partial charge in [-0.05, 0) is 35.7 Å². The third-order valence-corrected chi connectivity index (χ3v) is 6.21. The Morgan fingerprint density at radius 3 is 2.24 bits per heavy atom. The number of carbonyl (C=O) groups is 2. The number of nitrogens with one attached hydrogen (secondary N) is 1. The predicted octanol–water partition coefficient (Wildman–Crippen LogP) is 6.85. The lowest BCUT2D eigenvalue weighted by Crippen LogP contribution is -2.47. The summed E-state index contributed by atoms with van der Waals surface area (Å²) in [6, 6.07) is 18.7. The summed E-state index contributed by atoms with van der Waals surface area (Å²) < 4.78 is 62.4. The molecule has 0 aliphatic heterocycles. The Balaban J connectivity index is 1.57. The van der Waals surface area contributed by atoms with Gasteiger partial charge >= 0.3 is 18.2 Å². The molecule has 8 nitrogen and oxygen atoms in total. The van der Waals surface area contributed by atoms with Gasteiger partial charge in [-0.2, -0.15) is 13.2 Å². The number of ether oxygens (including phenoxy) is 3. The number of esters is 1. The van der Waals surface area contributed by atoms with Crippen molar-refractivity contribution in [1.82, 2.24) is 5.32 Å². The molecule has 1 amide bonds. The van der Waals surface area contributed by atoms with Crippen molar-refractivity contribution in [3.8, 4) is 17.2 Å². The lowest BCUT2D eigenvalue weighted by Gasteiger charge is -2.22. The highest BCUT2D eigenvalue weighted by atomic mass is 19.4. The van der Waals surface area contributed by atoms with E-state index in [0.717, 1.165) is 11.6 Å². The maximum absolute atomic E-state index is 13.8. The van der Waals surface area contributed by atoms with Crippen LogP contribution in [0.5, 0.6) is 17.2 Å². The highest BCUT2D eigenvalue weighted by molar-refractivity contribution is 5.85. The van der Waals surface area contributed by atoms with E-state index < -0.39 is 46.8 Å². The highest BCUT2D eigenvalue weighted by Gasteiger charge is 2.40. The Morgan fingerprint density at radius 2 is 1.61 bits per heavy atom. The number of amides is 1. The van der Waals surface area contributed by atoms with E-state index in [9.17, 15) is 27.6 Å². The van der Waals surface area contributed by atoms with Crippen LogP contribution in [0.1, 0.15) is 31.6 Å². The molecule has 0 bridgehead atoms. The minimum atomic E-state index is -5.06. The van der Waals surface area contributed by atoms with Crippen LogP contribution in [0.15, 0.2) is 88.1 Å². The lowest BCUT2D eigenvalue weighted by atomic mass is 9.99. The molecule has 0 unspecified atom stereocenters. The largest absolute Gasteiger partial charge is 0.453 e. The van der Waals surface area contributed by atoms with Crippen LogP contribution in [0.4, 0.5) is 18.0 Å². The second kappa shape index (κ2) is 12.6. The van der Waals surface area contributed by atoms with E-state index in [1.54, 1.807) is 44.2 Å². The third kappa shape index (κ3) is 7.24. The summed E-state index contributed by atoms with van der Waals surface area (Å²) in [6.07, 6.45) is -5.42. The van der Waals surface area contributed by atoms with Crippen molar-refractivity contribution in [2.45, 2.75) is 39.1 Å². The molecule has 1 heterocycles. The third-order valence-electron chi connectivity index (χ3n) is 6.21. The van der Waals surface area contributed by atoms with Crippen molar-refractivity contribution in [2.24, 2.45) is 5.92 Å². The van der Waals surface area contributed by atoms with E-state index in [1.807, 2.05) is 6.07 Å². The van der Waals surface area contributed by atoms with Gasteiger partial charge in [0.25, 0.3) is 5.76 Å². The molecule has 2 atom stereocenters. The average molecular weight is 570 g/mol. The quantitative estimate of drug-likeness (QED) is 0.174. The zero-order valence-electron chi connectivity index (χ0n) is 22.1. The lowest BCUT2D eigenvalue weighted by molar-refractivity contribution is -0.154. The van der Waals surface area contributed by atoms with Gasteiger partial charge in [-0.25, -0.2) is 9.59 Å². The number of fused-ring (bicyclic) bond motifs is 1. The first-order chi connectivity index (χ1) is 19.6. The zero-order valence-corrected chi connectivity index (χ0v) is 22.1. The molecule has 0 aliphatic rings. The predicted molar refractivity (Wildman–Crippen MR) is 143 cm³/mol. The van der Waals surface area contributed by atoms with Crippen LogP contribution in [0.2, 0.25) is 0 Å². The average Bonchev–Trinajstić information content (AvgIpc) is 2.96. The maximum atomic E-state index is 13.8. The van der Waals surface area contributed by atoms with Gasteiger partial charge in [0.05, 0.1) is 5.39 Å². The number of hydrogen-bond donors (Lipinski definition) is 1. The van der Waals surface area contributed by atoms with Crippen LogP contribution in [-0.4, -0.2) is 18.1 Å². The summed E-state index contributed by atoms with van der Waals surface area (Å²) in [5.41, 5.74) is -0.775. The Kier molecular flexibility index (Phi) is 8.96. The van der Waals surface area contributed by atoms with E-state index >= 15 is 0 Å². The molecule has 0 aliphatic carbocycles. The molecule has 3 aromatic carbocycles. The van der Waals surface area contributed by atoms with Gasteiger partial charge in [-0.15, -0.1) is 0 Å². The zero-order chi connectivity index (χ0) is 29.6. The Labute approximate surface area is 232 Å². The maximum Gasteiger partial charge on any atom is 0.453 e. The van der Waals surface area contributed by atoms with Crippen LogP contribution in [0, 0.1) is 5.92 Å². The number of halogens is 3. The number of para-hydroxylation sites is 1. The number of alkyl carbamates (subject to hydrolysis) is 1. The molecule has 0 spiro atoms. The first-order valence-electron chi connectivity index (χ1n) is 12.7. The number of benzene rings is 3. The van der Waals surface area contributed by atoms with Gasteiger partial charge in [0, 0.05) is 6.07 Å². The molecule has 11 heteroatoms. The first-order valence-corrected chi connectivity index (χ1v) is 12.7. The molecule has 214 valence electrons. The van der Waals surface area contributed by atoms with Crippen molar-refractivity contribution < 1.29 is 41.4 Å². The molecular formula is C30H26F3NO7. The molecule has 0 fully saturated rings. The summed E-state index contributed by atoms with van der Waals surface area (Å²) in [5, 5.41) is 2.27. The molecule has 0 saturated heterocycles. The van der Waals surface area contributed by atoms with Crippen molar-refractivity contribution in [3.05, 3.63) is 100 Å². The number of alkyl halides is 3. The van der Waals surface area contributed by atoms with Crippen molar-refractivity contribution >= 4 is 23.0 Å². The van der Waals surface area contributed by atoms with Gasteiger partial charge in [0.15, 0.2) is 0 Å². The van der Waals surface area contributed by atoms with Crippen LogP contribution in [0.25, 0.3) is 11.0 Å². The monoisotopic (exact) mass is 569 g/mol. The van der Waals surface area contributed by atoms with E-state index in [-0.39, 0.29) is 29.4 Å². The van der Waals surface area contributed by atoms with Crippen molar-refractivity contribution in [1.29, 1.82) is 0 Å². The van der Waals surface area contributed by atoms with E-state index in [0.29, 0.717) is 6.42 Å².